The van der Waals surface area contributed by atoms with Crippen molar-refractivity contribution in [3.63, 3.8) is 0 Å². The largest absolute Gasteiger partial charge is 0.496 e. The summed E-state index contributed by atoms with van der Waals surface area (Å²) in [6.45, 7) is 10.3. The fraction of sp³-hybridized carbons (Fsp3) is 0.682. The van der Waals surface area contributed by atoms with Crippen LogP contribution in [0.15, 0.2) is 24.3 Å². The second-order valence-electron chi connectivity index (χ2n) is 8.82. The van der Waals surface area contributed by atoms with Gasteiger partial charge in [-0.3, -0.25) is 4.79 Å². The number of piperidine rings is 1. The number of amides is 1. The lowest BCUT2D eigenvalue weighted by molar-refractivity contribution is -0.126. The highest BCUT2D eigenvalue weighted by molar-refractivity contribution is 7.86. The molecular formula is C22H37N3O4S. The number of benzene rings is 1. The number of nitrogens with one attached hydrogen (secondary N) is 1. The van der Waals surface area contributed by atoms with Crippen LogP contribution in [-0.4, -0.2) is 56.2 Å². The molecule has 0 unspecified atom stereocenters. The molecule has 0 bridgehead atoms. The predicted octanol–water partition coefficient (Wildman–Crippen LogP) is 2.88. The highest BCUT2D eigenvalue weighted by atomic mass is 32.2. The highest BCUT2D eigenvalue weighted by Crippen LogP contribution is 2.23. The summed E-state index contributed by atoms with van der Waals surface area (Å²) in [5, 5.41) is 2.97. The average molecular weight is 440 g/mol. The van der Waals surface area contributed by atoms with Crippen LogP contribution in [-0.2, 0) is 21.5 Å². The normalized spacial score (nSPS) is 16.4. The van der Waals surface area contributed by atoms with Gasteiger partial charge in [-0.15, -0.1) is 0 Å². The summed E-state index contributed by atoms with van der Waals surface area (Å²) < 4.78 is 34.8. The molecule has 0 aromatic heterocycles. The molecule has 1 heterocycles. The molecule has 0 aliphatic carbocycles. The van der Waals surface area contributed by atoms with Crippen LogP contribution in [0.5, 0.6) is 5.75 Å². The van der Waals surface area contributed by atoms with Crippen LogP contribution >= 0.6 is 0 Å². The minimum atomic E-state index is -3.51. The monoisotopic (exact) mass is 439 g/mol. The van der Waals surface area contributed by atoms with Crippen molar-refractivity contribution >= 4 is 16.1 Å². The van der Waals surface area contributed by atoms with Crippen molar-refractivity contribution in [2.24, 2.45) is 17.8 Å². The molecule has 2 rings (SSSR count). The number of ether oxygens (including phenoxy) is 1. The summed E-state index contributed by atoms with van der Waals surface area (Å²) >= 11 is 0. The number of carbonyl (C=O) groups is 1. The highest BCUT2D eigenvalue weighted by Gasteiger charge is 2.35. The van der Waals surface area contributed by atoms with Gasteiger partial charge in [0.1, 0.15) is 5.75 Å². The molecule has 1 aromatic carbocycles. The molecule has 1 aliphatic rings. The second kappa shape index (κ2) is 11.1. The quantitative estimate of drug-likeness (QED) is 0.608. The van der Waals surface area contributed by atoms with Crippen molar-refractivity contribution in [3.8, 4) is 5.75 Å². The number of hydrogen-bond acceptors (Lipinski definition) is 4. The molecule has 0 radical (unpaired) electrons. The van der Waals surface area contributed by atoms with Gasteiger partial charge in [-0.1, -0.05) is 45.9 Å². The summed E-state index contributed by atoms with van der Waals surface area (Å²) in [5.74, 6) is 1.07. The zero-order valence-electron chi connectivity index (χ0n) is 18.9. The maximum absolute atomic E-state index is 13.2. The first-order valence-electron chi connectivity index (χ1n) is 10.8. The molecule has 1 aromatic rings. The van der Waals surface area contributed by atoms with Crippen LogP contribution in [0.25, 0.3) is 0 Å². The van der Waals surface area contributed by atoms with E-state index in [9.17, 15) is 13.2 Å². The predicted molar refractivity (Wildman–Crippen MR) is 119 cm³/mol. The minimum absolute atomic E-state index is 0.0285. The van der Waals surface area contributed by atoms with E-state index in [1.54, 1.807) is 15.7 Å². The van der Waals surface area contributed by atoms with Crippen molar-refractivity contribution in [1.82, 2.24) is 13.9 Å². The van der Waals surface area contributed by atoms with E-state index in [2.05, 4.69) is 5.32 Å². The topological polar surface area (TPSA) is 79.0 Å². The number of hydrogen-bond donors (Lipinski definition) is 1. The fourth-order valence-electron chi connectivity index (χ4n) is 3.77. The molecule has 1 amide bonds. The maximum Gasteiger partial charge on any atom is 0.281 e. The van der Waals surface area contributed by atoms with Gasteiger partial charge in [0.25, 0.3) is 10.2 Å². The summed E-state index contributed by atoms with van der Waals surface area (Å²) in [7, 11) is -1.90. The van der Waals surface area contributed by atoms with Gasteiger partial charge in [0.05, 0.1) is 7.11 Å². The Kier molecular flexibility index (Phi) is 9.12. The van der Waals surface area contributed by atoms with E-state index in [4.69, 9.17) is 4.74 Å². The standard InChI is InChI=1S/C22H37N3O4S/c1-17(2)15-25(16-18(3)4)30(27,28)24-12-10-19(11-13-24)22(26)23-14-20-8-6-7-9-21(20)29-5/h6-9,17-19H,10-16H2,1-5H3,(H,23,26). The number of carbonyl (C=O) groups excluding carboxylic acids is 1. The molecule has 170 valence electrons. The first-order chi connectivity index (χ1) is 14.1. The van der Waals surface area contributed by atoms with Crippen molar-refractivity contribution in [2.45, 2.75) is 47.1 Å². The van der Waals surface area contributed by atoms with Gasteiger partial charge in [0.15, 0.2) is 0 Å². The maximum atomic E-state index is 13.2. The van der Waals surface area contributed by atoms with Crippen LogP contribution in [0.4, 0.5) is 0 Å². The molecule has 7 nitrogen and oxygen atoms in total. The second-order valence-corrected chi connectivity index (χ2v) is 10.7. The van der Waals surface area contributed by atoms with Crippen molar-refractivity contribution in [1.29, 1.82) is 0 Å². The van der Waals surface area contributed by atoms with Crippen LogP contribution in [0, 0.1) is 17.8 Å². The van der Waals surface area contributed by atoms with Crippen molar-refractivity contribution in [3.05, 3.63) is 29.8 Å². The van der Waals surface area contributed by atoms with E-state index in [0.717, 1.165) is 11.3 Å². The van der Waals surface area contributed by atoms with E-state index < -0.39 is 10.2 Å². The Morgan fingerprint density at radius 1 is 1.13 bits per heavy atom. The average Bonchev–Trinajstić information content (AvgIpc) is 2.71. The van der Waals surface area contributed by atoms with E-state index >= 15 is 0 Å². The van der Waals surface area contributed by atoms with Gasteiger partial charge < -0.3 is 10.1 Å². The number of rotatable bonds is 10. The molecule has 0 saturated carbocycles. The molecule has 30 heavy (non-hydrogen) atoms. The first kappa shape index (κ1) is 24.6. The van der Waals surface area contributed by atoms with E-state index in [1.807, 2.05) is 52.0 Å². The number of methoxy groups -OCH3 is 1. The Morgan fingerprint density at radius 2 is 1.70 bits per heavy atom. The van der Waals surface area contributed by atoms with Crippen LogP contribution < -0.4 is 10.1 Å². The molecule has 1 aliphatic heterocycles. The lowest BCUT2D eigenvalue weighted by Crippen LogP contribution is -2.50. The van der Waals surface area contributed by atoms with Gasteiger partial charge in [-0.05, 0) is 30.7 Å². The molecule has 0 atom stereocenters. The lowest BCUT2D eigenvalue weighted by Gasteiger charge is -2.35. The van der Waals surface area contributed by atoms with E-state index in [1.165, 1.54) is 0 Å². The third kappa shape index (κ3) is 6.68. The van der Waals surface area contributed by atoms with E-state index in [0.29, 0.717) is 45.6 Å². The van der Waals surface area contributed by atoms with Gasteiger partial charge in [-0.25, -0.2) is 0 Å². The number of para-hydroxylation sites is 1. The van der Waals surface area contributed by atoms with Crippen LogP contribution in [0.3, 0.4) is 0 Å². The molecule has 0 spiro atoms. The minimum Gasteiger partial charge on any atom is -0.496 e. The first-order valence-corrected chi connectivity index (χ1v) is 12.2. The van der Waals surface area contributed by atoms with E-state index in [-0.39, 0.29) is 23.7 Å². The summed E-state index contributed by atoms with van der Waals surface area (Å²) in [5.41, 5.74) is 0.923. The summed E-state index contributed by atoms with van der Waals surface area (Å²) in [6.07, 6.45) is 1.07. The Bertz CT molecular complexity index is 777. The Morgan fingerprint density at radius 3 is 2.23 bits per heavy atom. The van der Waals surface area contributed by atoms with Gasteiger partial charge >= 0.3 is 0 Å². The lowest BCUT2D eigenvalue weighted by atomic mass is 9.97. The molecular weight excluding hydrogens is 402 g/mol. The summed E-state index contributed by atoms with van der Waals surface area (Å²) in [4.78, 5) is 12.6. The molecule has 1 fully saturated rings. The Labute approximate surface area is 182 Å². The molecule has 1 N–H and O–H groups in total. The SMILES string of the molecule is COc1ccccc1CNC(=O)C1CCN(S(=O)(=O)N(CC(C)C)CC(C)C)CC1. The van der Waals surface area contributed by atoms with Crippen molar-refractivity contribution < 1.29 is 17.9 Å². The number of nitrogens with zero attached hydrogens (tertiary/aromatic N) is 2. The molecule has 1 saturated heterocycles. The smallest absolute Gasteiger partial charge is 0.281 e. The zero-order chi connectivity index (χ0) is 22.3. The zero-order valence-corrected chi connectivity index (χ0v) is 19.7. The third-order valence-electron chi connectivity index (χ3n) is 5.26. The van der Waals surface area contributed by atoms with Crippen molar-refractivity contribution in [2.75, 3.05) is 33.3 Å². The van der Waals surface area contributed by atoms with Gasteiger partial charge in [0, 0.05) is 44.2 Å². The van der Waals surface area contributed by atoms with Gasteiger partial charge in [0.2, 0.25) is 5.91 Å². The van der Waals surface area contributed by atoms with Crippen LogP contribution in [0.2, 0.25) is 0 Å². The molecule has 8 heteroatoms. The Balaban J connectivity index is 1.93. The fourth-order valence-corrected chi connectivity index (χ4v) is 5.74. The van der Waals surface area contributed by atoms with Gasteiger partial charge in [-0.2, -0.15) is 17.0 Å². The third-order valence-corrected chi connectivity index (χ3v) is 7.23. The summed E-state index contributed by atoms with van der Waals surface area (Å²) in [6, 6.07) is 7.59. The Hall–Kier alpha value is -1.64. The van der Waals surface area contributed by atoms with Crippen LogP contribution in [0.1, 0.15) is 46.1 Å².